The molecule has 1 fully saturated rings. The van der Waals surface area contributed by atoms with Gasteiger partial charge in [-0.3, -0.25) is 4.21 Å². The lowest BCUT2D eigenvalue weighted by atomic mass is 10.1. The van der Waals surface area contributed by atoms with Crippen molar-refractivity contribution >= 4 is 27.7 Å². The monoisotopic (exact) mass is 264 g/mol. The number of aromatic nitrogens is 3. The second kappa shape index (κ2) is 4.68. The van der Waals surface area contributed by atoms with E-state index in [4.69, 9.17) is 0 Å². The van der Waals surface area contributed by atoms with E-state index >= 15 is 0 Å². The van der Waals surface area contributed by atoms with Crippen molar-refractivity contribution in [1.29, 1.82) is 0 Å². The minimum Gasteiger partial charge on any atom is -0.365 e. The first-order chi connectivity index (χ1) is 8.74. The fourth-order valence-corrected chi connectivity index (χ4v) is 3.60. The minimum atomic E-state index is -0.622. The Bertz CT molecular complexity index is 585. The summed E-state index contributed by atoms with van der Waals surface area (Å²) in [5.74, 6) is 2.41. The van der Waals surface area contributed by atoms with E-state index in [1.54, 1.807) is 12.5 Å². The molecule has 1 aliphatic rings. The second-order valence-corrected chi connectivity index (χ2v) is 6.35. The first-order valence-corrected chi connectivity index (χ1v) is 7.60. The van der Waals surface area contributed by atoms with Crippen molar-refractivity contribution < 1.29 is 4.21 Å². The minimum absolute atomic E-state index is 0.364. The van der Waals surface area contributed by atoms with Gasteiger partial charge in [-0.2, -0.15) is 0 Å². The predicted molar refractivity (Wildman–Crippen MR) is 73.0 cm³/mol. The van der Waals surface area contributed by atoms with Gasteiger partial charge in [0, 0.05) is 41.6 Å². The Morgan fingerprint density at radius 2 is 2.17 bits per heavy atom. The molecule has 6 heteroatoms. The Morgan fingerprint density at radius 3 is 2.94 bits per heavy atom. The third-order valence-corrected chi connectivity index (χ3v) is 4.75. The maximum atomic E-state index is 11.3. The summed E-state index contributed by atoms with van der Waals surface area (Å²) in [4.78, 5) is 8.75. The number of rotatable bonds is 2. The Labute approximate surface area is 108 Å². The zero-order chi connectivity index (χ0) is 12.5. The standard InChI is InChI=1S/C12H16N4OS/c1-16-8-14-11-10(16)2-5-13-12(11)15-9-3-6-18(17)7-4-9/h2,5,8-9H,3-4,6-7H2,1H3,(H,13,15). The van der Waals surface area contributed by atoms with Gasteiger partial charge in [0.25, 0.3) is 0 Å². The zero-order valence-corrected chi connectivity index (χ0v) is 11.1. The smallest absolute Gasteiger partial charge is 0.154 e. The summed E-state index contributed by atoms with van der Waals surface area (Å²) >= 11 is 0. The molecule has 0 spiro atoms. The summed E-state index contributed by atoms with van der Waals surface area (Å²) < 4.78 is 13.3. The maximum absolute atomic E-state index is 11.3. The van der Waals surface area contributed by atoms with Crippen LogP contribution in [0.4, 0.5) is 5.82 Å². The van der Waals surface area contributed by atoms with E-state index in [0.29, 0.717) is 6.04 Å². The number of pyridine rings is 1. The summed E-state index contributed by atoms with van der Waals surface area (Å²) in [6.07, 6.45) is 5.48. The van der Waals surface area contributed by atoms with E-state index in [-0.39, 0.29) is 0 Å². The van der Waals surface area contributed by atoms with Gasteiger partial charge in [0.1, 0.15) is 5.52 Å². The number of nitrogens with zero attached hydrogens (tertiary/aromatic N) is 3. The summed E-state index contributed by atoms with van der Waals surface area (Å²) in [7, 11) is 1.35. The van der Waals surface area contributed by atoms with E-state index in [9.17, 15) is 4.21 Å². The number of nitrogens with one attached hydrogen (secondary N) is 1. The third-order valence-electron chi connectivity index (χ3n) is 3.37. The molecular formula is C12H16N4OS. The molecule has 18 heavy (non-hydrogen) atoms. The van der Waals surface area contributed by atoms with E-state index in [0.717, 1.165) is 41.2 Å². The van der Waals surface area contributed by atoms with Crippen LogP contribution in [0.5, 0.6) is 0 Å². The van der Waals surface area contributed by atoms with Crippen LogP contribution in [-0.2, 0) is 17.8 Å². The zero-order valence-electron chi connectivity index (χ0n) is 10.3. The highest BCUT2D eigenvalue weighted by Gasteiger charge is 2.19. The van der Waals surface area contributed by atoms with Gasteiger partial charge in [-0.05, 0) is 18.9 Å². The molecule has 1 N–H and O–H groups in total. The van der Waals surface area contributed by atoms with Gasteiger partial charge < -0.3 is 9.88 Å². The van der Waals surface area contributed by atoms with Crippen LogP contribution in [0, 0.1) is 0 Å². The van der Waals surface area contributed by atoms with Gasteiger partial charge in [-0.15, -0.1) is 0 Å². The molecule has 3 heterocycles. The molecule has 2 aromatic heterocycles. The molecule has 2 aromatic rings. The molecule has 96 valence electrons. The normalized spacial score (nSPS) is 24.3. The molecule has 0 amide bonds. The van der Waals surface area contributed by atoms with Crippen LogP contribution in [0.3, 0.4) is 0 Å². The highest BCUT2D eigenvalue weighted by atomic mass is 32.2. The molecule has 0 bridgehead atoms. The first-order valence-electron chi connectivity index (χ1n) is 6.11. The lowest BCUT2D eigenvalue weighted by molar-refractivity contribution is 0.623. The van der Waals surface area contributed by atoms with Crippen molar-refractivity contribution in [2.45, 2.75) is 18.9 Å². The molecule has 0 saturated carbocycles. The lowest BCUT2D eigenvalue weighted by Crippen LogP contribution is -2.29. The topological polar surface area (TPSA) is 59.8 Å². The Kier molecular flexibility index (Phi) is 3.03. The number of hydrogen-bond donors (Lipinski definition) is 1. The summed E-state index contributed by atoms with van der Waals surface area (Å²) in [6.45, 7) is 0. The highest BCUT2D eigenvalue weighted by Crippen LogP contribution is 2.21. The molecule has 3 rings (SSSR count). The summed E-state index contributed by atoms with van der Waals surface area (Å²) in [5.41, 5.74) is 1.98. The van der Waals surface area contributed by atoms with Crippen LogP contribution in [-0.4, -0.2) is 36.3 Å². The average molecular weight is 264 g/mol. The van der Waals surface area contributed by atoms with Gasteiger partial charge in [-0.25, -0.2) is 9.97 Å². The van der Waals surface area contributed by atoms with Crippen LogP contribution in [0.25, 0.3) is 11.0 Å². The molecule has 1 saturated heterocycles. The molecule has 0 radical (unpaired) electrons. The Hall–Kier alpha value is -1.43. The SMILES string of the molecule is Cn1cnc2c(NC3CCS(=O)CC3)nccc21. The maximum Gasteiger partial charge on any atom is 0.154 e. The fraction of sp³-hybridized carbons (Fsp3) is 0.500. The van der Waals surface area contributed by atoms with Gasteiger partial charge in [0.15, 0.2) is 5.82 Å². The first kappa shape index (κ1) is 11.6. The van der Waals surface area contributed by atoms with Gasteiger partial charge >= 0.3 is 0 Å². The van der Waals surface area contributed by atoms with E-state index in [2.05, 4.69) is 15.3 Å². The quantitative estimate of drug-likeness (QED) is 0.888. The summed E-state index contributed by atoms with van der Waals surface area (Å²) in [6, 6.07) is 2.33. The second-order valence-electron chi connectivity index (χ2n) is 4.65. The van der Waals surface area contributed by atoms with Crippen molar-refractivity contribution in [2.24, 2.45) is 7.05 Å². The van der Waals surface area contributed by atoms with E-state index in [1.807, 2.05) is 17.7 Å². The van der Waals surface area contributed by atoms with Crippen LogP contribution in [0.1, 0.15) is 12.8 Å². The largest absolute Gasteiger partial charge is 0.365 e. The van der Waals surface area contributed by atoms with Crippen LogP contribution in [0.15, 0.2) is 18.6 Å². The van der Waals surface area contributed by atoms with Crippen molar-refractivity contribution in [3.05, 3.63) is 18.6 Å². The molecular weight excluding hydrogens is 248 g/mol. The number of hydrogen-bond acceptors (Lipinski definition) is 4. The van der Waals surface area contributed by atoms with Crippen LogP contribution < -0.4 is 5.32 Å². The number of imidazole rings is 1. The fourth-order valence-electron chi connectivity index (χ4n) is 2.30. The molecule has 0 atom stereocenters. The molecule has 1 aliphatic heterocycles. The number of fused-ring (bicyclic) bond motifs is 1. The molecule has 5 nitrogen and oxygen atoms in total. The Balaban J connectivity index is 1.84. The van der Waals surface area contributed by atoms with Crippen molar-refractivity contribution in [3.8, 4) is 0 Å². The van der Waals surface area contributed by atoms with Gasteiger partial charge in [0.05, 0.1) is 11.8 Å². The van der Waals surface area contributed by atoms with E-state index < -0.39 is 10.8 Å². The number of aryl methyl sites for hydroxylation is 1. The third kappa shape index (κ3) is 2.12. The van der Waals surface area contributed by atoms with Crippen molar-refractivity contribution in [1.82, 2.24) is 14.5 Å². The van der Waals surface area contributed by atoms with Crippen LogP contribution in [0.2, 0.25) is 0 Å². The predicted octanol–water partition coefficient (Wildman–Crippen LogP) is 1.29. The molecule has 0 aromatic carbocycles. The van der Waals surface area contributed by atoms with Crippen molar-refractivity contribution in [2.75, 3.05) is 16.8 Å². The Morgan fingerprint density at radius 1 is 1.39 bits per heavy atom. The lowest BCUT2D eigenvalue weighted by Gasteiger charge is -2.23. The van der Waals surface area contributed by atoms with Crippen molar-refractivity contribution in [3.63, 3.8) is 0 Å². The molecule has 0 aliphatic carbocycles. The highest BCUT2D eigenvalue weighted by molar-refractivity contribution is 7.85. The van der Waals surface area contributed by atoms with Gasteiger partial charge in [0.2, 0.25) is 0 Å². The summed E-state index contributed by atoms with van der Waals surface area (Å²) in [5, 5.41) is 3.44. The van der Waals surface area contributed by atoms with Crippen LogP contribution >= 0.6 is 0 Å². The number of anilines is 1. The van der Waals surface area contributed by atoms with Gasteiger partial charge in [-0.1, -0.05) is 0 Å². The van der Waals surface area contributed by atoms with E-state index in [1.165, 1.54) is 0 Å². The average Bonchev–Trinajstić information content (AvgIpc) is 2.76. The molecule has 0 unspecified atom stereocenters.